The Hall–Kier alpha value is -1.91. The van der Waals surface area contributed by atoms with Crippen LogP contribution < -0.4 is 5.32 Å². The van der Waals surface area contributed by atoms with Gasteiger partial charge in [-0.25, -0.2) is 0 Å². The summed E-state index contributed by atoms with van der Waals surface area (Å²) in [6.07, 6.45) is 0.925. The van der Waals surface area contributed by atoms with E-state index >= 15 is 0 Å². The summed E-state index contributed by atoms with van der Waals surface area (Å²) in [4.78, 5) is 21.4. The number of benzene rings is 1. The highest BCUT2D eigenvalue weighted by atomic mass is 16.6. The van der Waals surface area contributed by atoms with E-state index in [0.717, 1.165) is 13.0 Å². The van der Waals surface area contributed by atoms with Gasteiger partial charge in [0.1, 0.15) is 0 Å². The molecule has 0 aromatic heterocycles. The fourth-order valence-corrected chi connectivity index (χ4v) is 1.35. The minimum atomic E-state index is -0.504. The van der Waals surface area contributed by atoms with Crippen LogP contribution in [0, 0.1) is 10.1 Å². The van der Waals surface area contributed by atoms with Crippen molar-refractivity contribution in [2.24, 2.45) is 0 Å². The number of carbonyl (C=O) groups is 1. The zero-order valence-corrected chi connectivity index (χ0v) is 9.32. The van der Waals surface area contributed by atoms with Gasteiger partial charge in [-0.1, -0.05) is 6.92 Å². The van der Waals surface area contributed by atoms with E-state index in [1.807, 2.05) is 6.92 Å². The first-order chi connectivity index (χ1) is 7.56. The molecule has 0 saturated carbocycles. The minimum absolute atomic E-state index is 0.0627. The Bertz CT molecular complexity index is 416. The molecule has 0 unspecified atom stereocenters. The molecule has 0 aliphatic rings. The Morgan fingerprint density at radius 1 is 1.50 bits per heavy atom. The summed E-state index contributed by atoms with van der Waals surface area (Å²) in [5, 5.41) is 13.6. The summed E-state index contributed by atoms with van der Waals surface area (Å²) >= 11 is 0. The first kappa shape index (κ1) is 12.2. The number of non-ortho nitro benzene ring substituents is 1. The molecule has 0 heterocycles. The standard InChI is InChI=1S/C11H14N2O3/c1-3-6-12-11-5-4-9(13(15)16)7-10(11)8(2)14/h4-5,7,12H,3,6H2,1-2H3. The highest BCUT2D eigenvalue weighted by Gasteiger charge is 2.13. The molecule has 0 atom stereocenters. The maximum atomic E-state index is 11.3. The van der Waals surface area contributed by atoms with Crippen molar-refractivity contribution < 1.29 is 9.72 Å². The lowest BCUT2D eigenvalue weighted by molar-refractivity contribution is -0.384. The second-order valence-electron chi connectivity index (χ2n) is 3.47. The Balaban J connectivity index is 3.09. The molecule has 1 N–H and O–H groups in total. The topological polar surface area (TPSA) is 72.2 Å². The van der Waals surface area contributed by atoms with Crippen LogP contribution in [0.1, 0.15) is 30.6 Å². The molecule has 86 valence electrons. The Morgan fingerprint density at radius 3 is 2.69 bits per heavy atom. The lowest BCUT2D eigenvalue weighted by Gasteiger charge is -2.08. The second-order valence-corrected chi connectivity index (χ2v) is 3.47. The molecule has 1 aromatic carbocycles. The molecular weight excluding hydrogens is 208 g/mol. The van der Waals surface area contributed by atoms with Crippen molar-refractivity contribution in [3.8, 4) is 0 Å². The van der Waals surface area contributed by atoms with Gasteiger partial charge in [0.15, 0.2) is 5.78 Å². The Morgan fingerprint density at radius 2 is 2.19 bits per heavy atom. The first-order valence-corrected chi connectivity index (χ1v) is 5.09. The van der Waals surface area contributed by atoms with E-state index < -0.39 is 4.92 Å². The van der Waals surface area contributed by atoms with E-state index in [1.54, 1.807) is 6.07 Å². The lowest BCUT2D eigenvalue weighted by atomic mass is 10.1. The maximum absolute atomic E-state index is 11.3. The van der Waals surface area contributed by atoms with E-state index in [4.69, 9.17) is 0 Å². The van der Waals surface area contributed by atoms with Gasteiger partial charge in [0.25, 0.3) is 5.69 Å². The van der Waals surface area contributed by atoms with Crippen LogP contribution in [0.3, 0.4) is 0 Å². The van der Waals surface area contributed by atoms with Gasteiger partial charge in [-0.05, 0) is 19.4 Å². The molecule has 0 aliphatic heterocycles. The third-order valence-corrected chi connectivity index (χ3v) is 2.16. The fourth-order valence-electron chi connectivity index (χ4n) is 1.35. The summed E-state index contributed by atoms with van der Waals surface area (Å²) in [6, 6.07) is 4.27. The molecule has 1 rings (SSSR count). The van der Waals surface area contributed by atoms with Gasteiger partial charge in [0, 0.05) is 29.9 Å². The summed E-state index contributed by atoms with van der Waals surface area (Å²) in [5.74, 6) is -0.178. The van der Waals surface area contributed by atoms with Crippen molar-refractivity contribution in [1.29, 1.82) is 0 Å². The average Bonchev–Trinajstić information content (AvgIpc) is 2.25. The van der Waals surface area contributed by atoms with Crippen molar-refractivity contribution >= 4 is 17.2 Å². The molecule has 0 radical (unpaired) electrons. The lowest BCUT2D eigenvalue weighted by Crippen LogP contribution is -2.06. The average molecular weight is 222 g/mol. The quantitative estimate of drug-likeness (QED) is 0.472. The smallest absolute Gasteiger partial charge is 0.270 e. The Kier molecular flexibility index (Phi) is 3.99. The third-order valence-electron chi connectivity index (χ3n) is 2.16. The van der Waals surface area contributed by atoms with Gasteiger partial charge in [0.05, 0.1) is 4.92 Å². The van der Waals surface area contributed by atoms with E-state index in [1.165, 1.54) is 19.1 Å². The predicted octanol–water partition coefficient (Wildman–Crippen LogP) is 2.62. The summed E-state index contributed by atoms with van der Waals surface area (Å²) in [6.45, 7) is 4.14. The van der Waals surface area contributed by atoms with Gasteiger partial charge in [-0.15, -0.1) is 0 Å². The monoisotopic (exact) mass is 222 g/mol. The molecule has 0 amide bonds. The molecular formula is C11H14N2O3. The number of nitrogens with zero attached hydrogens (tertiary/aromatic N) is 1. The van der Waals surface area contributed by atoms with Crippen molar-refractivity contribution in [1.82, 2.24) is 0 Å². The second kappa shape index (κ2) is 5.25. The largest absolute Gasteiger partial charge is 0.384 e. The number of anilines is 1. The molecule has 1 aromatic rings. The SMILES string of the molecule is CCCNc1ccc([N+](=O)[O-])cc1C(C)=O. The molecule has 0 fully saturated rings. The van der Waals surface area contributed by atoms with Crippen molar-refractivity contribution in [3.05, 3.63) is 33.9 Å². The van der Waals surface area contributed by atoms with Crippen LogP contribution in [0.5, 0.6) is 0 Å². The number of nitro groups is 1. The third kappa shape index (κ3) is 2.79. The molecule has 16 heavy (non-hydrogen) atoms. The molecule has 0 aliphatic carbocycles. The number of rotatable bonds is 5. The van der Waals surface area contributed by atoms with Crippen LogP contribution in [0.25, 0.3) is 0 Å². The van der Waals surface area contributed by atoms with E-state index in [-0.39, 0.29) is 11.5 Å². The van der Waals surface area contributed by atoms with Crippen LogP contribution in [0.15, 0.2) is 18.2 Å². The highest BCUT2D eigenvalue weighted by Crippen LogP contribution is 2.22. The van der Waals surface area contributed by atoms with E-state index in [9.17, 15) is 14.9 Å². The number of hydrogen-bond acceptors (Lipinski definition) is 4. The molecule has 5 heteroatoms. The van der Waals surface area contributed by atoms with Gasteiger partial charge < -0.3 is 5.32 Å². The number of nitro benzene ring substituents is 1. The predicted molar refractivity (Wildman–Crippen MR) is 61.9 cm³/mol. The number of Topliss-reactive ketones (excluding diaryl/α,β-unsaturated/α-hetero) is 1. The van der Waals surface area contributed by atoms with Crippen LogP contribution in [-0.2, 0) is 0 Å². The first-order valence-electron chi connectivity index (χ1n) is 5.09. The van der Waals surface area contributed by atoms with Gasteiger partial charge in [0.2, 0.25) is 0 Å². The molecule has 0 spiro atoms. The number of ketones is 1. The zero-order chi connectivity index (χ0) is 12.1. The van der Waals surface area contributed by atoms with Crippen LogP contribution in [0.2, 0.25) is 0 Å². The van der Waals surface area contributed by atoms with Gasteiger partial charge >= 0.3 is 0 Å². The fraction of sp³-hybridized carbons (Fsp3) is 0.364. The van der Waals surface area contributed by atoms with Crippen LogP contribution >= 0.6 is 0 Å². The van der Waals surface area contributed by atoms with Crippen molar-refractivity contribution in [2.45, 2.75) is 20.3 Å². The summed E-state index contributed by atoms with van der Waals surface area (Å²) < 4.78 is 0. The number of hydrogen-bond donors (Lipinski definition) is 1. The zero-order valence-electron chi connectivity index (χ0n) is 9.32. The molecule has 0 saturated heterocycles. The van der Waals surface area contributed by atoms with Crippen molar-refractivity contribution in [2.75, 3.05) is 11.9 Å². The number of carbonyl (C=O) groups excluding carboxylic acids is 1. The van der Waals surface area contributed by atoms with E-state index in [2.05, 4.69) is 5.32 Å². The molecule has 5 nitrogen and oxygen atoms in total. The van der Waals surface area contributed by atoms with E-state index in [0.29, 0.717) is 11.3 Å². The number of nitrogens with one attached hydrogen (secondary N) is 1. The van der Waals surface area contributed by atoms with Gasteiger partial charge in [-0.3, -0.25) is 14.9 Å². The Labute approximate surface area is 93.6 Å². The van der Waals surface area contributed by atoms with Gasteiger partial charge in [-0.2, -0.15) is 0 Å². The highest BCUT2D eigenvalue weighted by molar-refractivity contribution is 6.00. The minimum Gasteiger partial charge on any atom is -0.384 e. The summed E-state index contributed by atoms with van der Waals surface area (Å²) in [7, 11) is 0. The van der Waals surface area contributed by atoms with Crippen molar-refractivity contribution in [3.63, 3.8) is 0 Å². The van der Waals surface area contributed by atoms with Crippen LogP contribution in [-0.4, -0.2) is 17.3 Å². The normalized spacial score (nSPS) is 9.88. The summed E-state index contributed by atoms with van der Waals surface area (Å²) in [5.41, 5.74) is 0.954. The maximum Gasteiger partial charge on any atom is 0.270 e. The van der Waals surface area contributed by atoms with Crippen LogP contribution in [0.4, 0.5) is 11.4 Å². The molecule has 0 bridgehead atoms.